The van der Waals surface area contributed by atoms with Crippen molar-refractivity contribution in [3.05, 3.63) is 47.4 Å². The predicted octanol–water partition coefficient (Wildman–Crippen LogP) is 5.33. The van der Waals surface area contributed by atoms with E-state index < -0.39 is 5.41 Å². The number of Topliss-reactive ketones (excluding diaryl/α,β-unsaturated/α-hetero) is 1. The Balaban J connectivity index is 1.59. The number of ether oxygens (including phenoxy) is 2. The van der Waals surface area contributed by atoms with Gasteiger partial charge in [-0.1, -0.05) is 18.5 Å². The van der Waals surface area contributed by atoms with Gasteiger partial charge in [-0.05, 0) is 44.9 Å². The Bertz CT molecular complexity index is 1150. The first-order chi connectivity index (χ1) is 15.8. The first kappa shape index (κ1) is 23.2. The van der Waals surface area contributed by atoms with Crippen LogP contribution >= 0.6 is 11.6 Å². The lowest BCUT2D eigenvalue weighted by Crippen LogP contribution is -2.34. The molecule has 0 aliphatic carbocycles. The molecule has 0 atom stereocenters. The minimum absolute atomic E-state index is 0.0999. The Morgan fingerprint density at radius 3 is 2.70 bits per heavy atom. The van der Waals surface area contributed by atoms with Crippen molar-refractivity contribution in [1.82, 2.24) is 19.7 Å². The topological polar surface area (TPSA) is 91.2 Å². The van der Waals surface area contributed by atoms with Crippen molar-refractivity contribution in [3.63, 3.8) is 0 Å². The van der Waals surface area contributed by atoms with Crippen LogP contribution in [0.4, 0.5) is 11.6 Å². The smallest absolute Gasteiger partial charge is 0.227 e. The summed E-state index contributed by atoms with van der Waals surface area (Å²) < 4.78 is 12.8. The highest BCUT2D eigenvalue weighted by Gasteiger charge is 2.36. The SMILES string of the molecule is COc1cc(C(=O)C2(C)CCOCC2)ccc1Nc1ncc(Cl)c(-c2cnn(C(C)C)c2)n1. The van der Waals surface area contributed by atoms with E-state index in [1.807, 2.05) is 23.9 Å². The number of anilines is 2. The lowest BCUT2D eigenvalue weighted by molar-refractivity contribution is 0.0235. The summed E-state index contributed by atoms with van der Waals surface area (Å²) in [7, 11) is 1.57. The lowest BCUT2D eigenvalue weighted by atomic mass is 9.76. The molecule has 0 bridgehead atoms. The lowest BCUT2D eigenvalue weighted by Gasteiger charge is -2.32. The molecule has 3 heterocycles. The highest BCUT2D eigenvalue weighted by atomic mass is 35.5. The average Bonchev–Trinajstić information content (AvgIpc) is 3.31. The van der Waals surface area contributed by atoms with E-state index in [0.717, 1.165) is 5.56 Å². The van der Waals surface area contributed by atoms with E-state index in [4.69, 9.17) is 21.1 Å². The zero-order valence-electron chi connectivity index (χ0n) is 19.3. The summed E-state index contributed by atoms with van der Waals surface area (Å²) in [4.78, 5) is 22.1. The monoisotopic (exact) mass is 469 g/mol. The normalized spacial score (nSPS) is 15.5. The first-order valence-electron chi connectivity index (χ1n) is 11.0. The fraction of sp³-hybridized carbons (Fsp3) is 0.417. The number of benzene rings is 1. The number of halogens is 1. The summed E-state index contributed by atoms with van der Waals surface area (Å²) in [5, 5.41) is 7.98. The standard InChI is InChI=1S/C24H28ClN5O3/c1-15(2)30-14-17(12-27-30)21-18(25)13-26-23(29-21)28-19-6-5-16(11-20(19)32-4)22(31)24(3)7-9-33-10-8-24/h5-6,11-15H,7-10H2,1-4H3,(H,26,28,29). The van der Waals surface area contributed by atoms with E-state index in [0.29, 0.717) is 59.7 Å². The minimum Gasteiger partial charge on any atom is -0.495 e. The van der Waals surface area contributed by atoms with E-state index in [1.165, 1.54) is 0 Å². The summed E-state index contributed by atoms with van der Waals surface area (Å²) in [6.45, 7) is 7.31. The van der Waals surface area contributed by atoms with Crippen LogP contribution in [0, 0.1) is 5.41 Å². The molecule has 1 fully saturated rings. The number of hydrogen-bond donors (Lipinski definition) is 1. The summed E-state index contributed by atoms with van der Waals surface area (Å²) >= 11 is 6.36. The molecule has 1 aliphatic rings. The summed E-state index contributed by atoms with van der Waals surface area (Å²) in [5.41, 5.74) is 2.22. The second-order valence-corrected chi connectivity index (χ2v) is 9.14. The Morgan fingerprint density at radius 2 is 2.03 bits per heavy atom. The number of methoxy groups -OCH3 is 1. The Morgan fingerprint density at radius 1 is 1.27 bits per heavy atom. The van der Waals surface area contributed by atoms with Crippen LogP contribution in [0.25, 0.3) is 11.3 Å². The van der Waals surface area contributed by atoms with Crippen LogP contribution in [0.15, 0.2) is 36.8 Å². The molecule has 0 saturated carbocycles. The molecule has 0 unspecified atom stereocenters. The van der Waals surface area contributed by atoms with Crippen LogP contribution in [0.1, 0.15) is 50.0 Å². The van der Waals surface area contributed by atoms with E-state index in [-0.39, 0.29) is 11.8 Å². The maximum Gasteiger partial charge on any atom is 0.227 e. The molecular weight excluding hydrogens is 442 g/mol. The quantitative estimate of drug-likeness (QED) is 0.468. The fourth-order valence-electron chi connectivity index (χ4n) is 3.83. The van der Waals surface area contributed by atoms with Crippen molar-refractivity contribution in [2.75, 3.05) is 25.6 Å². The molecule has 4 rings (SSSR count). The van der Waals surface area contributed by atoms with Crippen molar-refractivity contribution >= 4 is 29.0 Å². The molecule has 0 amide bonds. The maximum absolute atomic E-state index is 13.2. The van der Waals surface area contributed by atoms with Crippen molar-refractivity contribution < 1.29 is 14.3 Å². The summed E-state index contributed by atoms with van der Waals surface area (Å²) in [5.74, 6) is 0.993. The molecule has 9 heteroatoms. The third kappa shape index (κ3) is 4.86. The fourth-order valence-corrected chi connectivity index (χ4v) is 4.03. The van der Waals surface area contributed by atoms with Crippen molar-refractivity contribution in [2.24, 2.45) is 5.41 Å². The molecule has 2 aromatic heterocycles. The number of rotatable bonds is 7. The molecule has 0 radical (unpaired) electrons. The second-order valence-electron chi connectivity index (χ2n) is 8.74. The number of aromatic nitrogens is 4. The number of nitrogens with zero attached hydrogens (tertiary/aromatic N) is 4. The second kappa shape index (κ2) is 9.49. The largest absolute Gasteiger partial charge is 0.495 e. The molecular formula is C24H28ClN5O3. The molecule has 8 nitrogen and oxygen atoms in total. The summed E-state index contributed by atoms with van der Waals surface area (Å²) in [6.07, 6.45) is 6.61. The van der Waals surface area contributed by atoms with Gasteiger partial charge in [-0.25, -0.2) is 9.97 Å². The van der Waals surface area contributed by atoms with Crippen LogP contribution in [0.5, 0.6) is 5.75 Å². The van der Waals surface area contributed by atoms with Crippen LogP contribution in [-0.2, 0) is 4.74 Å². The van der Waals surface area contributed by atoms with Gasteiger partial charge in [0.2, 0.25) is 5.95 Å². The Kier molecular flexibility index (Phi) is 6.67. The number of carbonyl (C=O) groups excluding carboxylic acids is 1. The van der Waals surface area contributed by atoms with E-state index in [9.17, 15) is 4.79 Å². The van der Waals surface area contributed by atoms with Gasteiger partial charge in [-0.3, -0.25) is 9.48 Å². The van der Waals surface area contributed by atoms with Gasteiger partial charge in [0.1, 0.15) is 5.75 Å². The van der Waals surface area contributed by atoms with Crippen molar-refractivity contribution in [3.8, 4) is 17.0 Å². The first-order valence-corrected chi connectivity index (χ1v) is 11.3. The molecule has 1 saturated heterocycles. The molecule has 0 spiro atoms. The zero-order chi connectivity index (χ0) is 23.6. The van der Waals surface area contributed by atoms with Gasteiger partial charge < -0.3 is 14.8 Å². The Labute approximate surface area is 198 Å². The van der Waals surface area contributed by atoms with Crippen molar-refractivity contribution in [2.45, 2.75) is 39.7 Å². The number of hydrogen-bond acceptors (Lipinski definition) is 7. The van der Waals surface area contributed by atoms with Gasteiger partial charge in [-0.2, -0.15) is 5.10 Å². The van der Waals surface area contributed by atoms with Crippen molar-refractivity contribution in [1.29, 1.82) is 0 Å². The van der Waals surface area contributed by atoms with Crippen LogP contribution < -0.4 is 10.1 Å². The molecule has 33 heavy (non-hydrogen) atoms. The number of nitrogens with one attached hydrogen (secondary N) is 1. The van der Waals surface area contributed by atoms with Crippen LogP contribution in [0.2, 0.25) is 5.02 Å². The summed E-state index contributed by atoms with van der Waals surface area (Å²) in [6, 6.07) is 5.60. The molecule has 3 aromatic rings. The zero-order valence-corrected chi connectivity index (χ0v) is 20.0. The van der Waals surface area contributed by atoms with E-state index in [1.54, 1.807) is 31.6 Å². The van der Waals surface area contributed by atoms with Gasteiger partial charge >= 0.3 is 0 Å². The van der Waals surface area contributed by atoms with Crippen LogP contribution in [0.3, 0.4) is 0 Å². The maximum atomic E-state index is 13.2. The third-order valence-corrected chi connectivity index (χ3v) is 6.28. The number of ketones is 1. The molecule has 1 aromatic carbocycles. The highest BCUT2D eigenvalue weighted by Crippen LogP contribution is 2.36. The molecule has 174 valence electrons. The Hall–Kier alpha value is -2.97. The predicted molar refractivity (Wildman–Crippen MR) is 127 cm³/mol. The third-order valence-electron chi connectivity index (χ3n) is 6.00. The van der Waals surface area contributed by atoms with Gasteiger partial charge in [0.25, 0.3) is 0 Å². The average molecular weight is 470 g/mol. The van der Waals surface area contributed by atoms with Gasteiger partial charge in [0.15, 0.2) is 5.78 Å². The van der Waals surface area contributed by atoms with Crippen LogP contribution in [-0.4, -0.2) is 45.9 Å². The minimum atomic E-state index is -0.424. The van der Waals surface area contributed by atoms with E-state index in [2.05, 4.69) is 34.2 Å². The van der Waals surface area contributed by atoms with Gasteiger partial charge in [0, 0.05) is 42.0 Å². The van der Waals surface area contributed by atoms with E-state index >= 15 is 0 Å². The molecule has 1 N–H and O–H groups in total. The van der Waals surface area contributed by atoms with Gasteiger partial charge in [-0.15, -0.1) is 0 Å². The number of carbonyl (C=O) groups is 1. The van der Waals surface area contributed by atoms with Gasteiger partial charge in [0.05, 0.1) is 35.9 Å². The molecule has 1 aliphatic heterocycles. The highest BCUT2D eigenvalue weighted by molar-refractivity contribution is 6.32.